The molecule has 0 radical (unpaired) electrons. The number of phenolic OH excluding ortho intramolecular Hbond substituents is 1. The largest absolute Gasteiger partial charge is 0.508 e. The van der Waals surface area contributed by atoms with Crippen LogP contribution in [0.2, 0.25) is 0 Å². The fourth-order valence-electron chi connectivity index (χ4n) is 3.55. The number of aromatic hydroxyl groups is 1. The third-order valence-electron chi connectivity index (χ3n) is 5.18. The standard InChI is InChI=1S/C21H22N4O3/c1-24-13-22-18-11-16(4-7-19(18)24)23-21(28)15-10-20(27)25(12-15)9-8-14-2-5-17(26)6-3-14/h2-7,11,13,15,26H,8-10,12H2,1H3,(H,23,28)/t15-/m0/s1. The second kappa shape index (κ2) is 7.34. The first-order valence-corrected chi connectivity index (χ1v) is 9.27. The smallest absolute Gasteiger partial charge is 0.229 e. The van der Waals surface area contributed by atoms with Crippen LogP contribution in [0.1, 0.15) is 12.0 Å². The number of nitrogens with one attached hydrogen (secondary N) is 1. The summed E-state index contributed by atoms with van der Waals surface area (Å²) in [5.41, 5.74) is 3.54. The molecule has 0 spiro atoms. The van der Waals surface area contributed by atoms with Crippen LogP contribution in [0.4, 0.5) is 5.69 Å². The summed E-state index contributed by atoms with van der Waals surface area (Å²) in [5.74, 6) is -0.275. The normalized spacial score (nSPS) is 16.7. The van der Waals surface area contributed by atoms with Gasteiger partial charge in [0.25, 0.3) is 0 Å². The number of benzene rings is 2. The van der Waals surface area contributed by atoms with E-state index in [2.05, 4.69) is 10.3 Å². The molecule has 2 N–H and O–H groups in total. The van der Waals surface area contributed by atoms with E-state index in [4.69, 9.17) is 0 Å². The van der Waals surface area contributed by atoms with Gasteiger partial charge in [0, 0.05) is 32.2 Å². The maximum atomic E-state index is 12.6. The van der Waals surface area contributed by atoms with Crippen LogP contribution in [-0.2, 0) is 23.1 Å². The van der Waals surface area contributed by atoms with Crippen LogP contribution < -0.4 is 5.32 Å². The van der Waals surface area contributed by atoms with Crippen molar-refractivity contribution < 1.29 is 14.7 Å². The van der Waals surface area contributed by atoms with Crippen molar-refractivity contribution >= 4 is 28.5 Å². The van der Waals surface area contributed by atoms with Crippen molar-refractivity contribution in [2.45, 2.75) is 12.8 Å². The molecule has 0 aliphatic carbocycles. The maximum absolute atomic E-state index is 12.6. The van der Waals surface area contributed by atoms with Crippen molar-refractivity contribution in [1.82, 2.24) is 14.5 Å². The molecule has 1 aliphatic heterocycles. The number of carbonyl (C=O) groups is 2. The van der Waals surface area contributed by atoms with Crippen molar-refractivity contribution in [2.24, 2.45) is 13.0 Å². The molecule has 28 heavy (non-hydrogen) atoms. The van der Waals surface area contributed by atoms with Gasteiger partial charge in [0.05, 0.1) is 23.3 Å². The molecular weight excluding hydrogens is 356 g/mol. The van der Waals surface area contributed by atoms with Crippen LogP contribution in [0, 0.1) is 5.92 Å². The van der Waals surface area contributed by atoms with E-state index in [-0.39, 0.29) is 29.9 Å². The first-order chi connectivity index (χ1) is 13.5. The quantitative estimate of drug-likeness (QED) is 0.713. The number of aromatic nitrogens is 2. The molecule has 2 aromatic carbocycles. The molecule has 2 heterocycles. The van der Waals surface area contributed by atoms with Crippen molar-refractivity contribution in [3.05, 3.63) is 54.4 Å². The molecule has 1 fully saturated rings. The zero-order valence-electron chi connectivity index (χ0n) is 15.6. The van der Waals surface area contributed by atoms with Crippen LogP contribution >= 0.6 is 0 Å². The molecule has 1 atom stereocenters. The summed E-state index contributed by atoms with van der Waals surface area (Å²) in [5, 5.41) is 12.3. The molecule has 1 aromatic heterocycles. The highest BCUT2D eigenvalue weighted by molar-refractivity contribution is 5.98. The molecule has 0 bridgehead atoms. The summed E-state index contributed by atoms with van der Waals surface area (Å²) >= 11 is 0. The number of fused-ring (bicyclic) bond motifs is 1. The van der Waals surface area contributed by atoms with Crippen molar-refractivity contribution in [3.8, 4) is 5.75 Å². The molecule has 3 aromatic rings. The van der Waals surface area contributed by atoms with Crippen LogP contribution in [-0.4, -0.2) is 44.5 Å². The Labute approximate surface area is 162 Å². The van der Waals surface area contributed by atoms with Gasteiger partial charge in [0.15, 0.2) is 0 Å². The van der Waals surface area contributed by atoms with Crippen LogP contribution in [0.3, 0.4) is 0 Å². The number of likely N-dealkylation sites (tertiary alicyclic amines) is 1. The Kier molecular flexibility index (Phi) is 4.73. The van der Waals surface area contributed by atoms with E-state index < -0.39 is 0 Å². The van der Waals surface area contributed by atoms with E-state index in [0.29, 0.717) is 25.2 Å². The van der Waals surface area contributed by atoms with Gasteiger partial charge in [0.1, 0.15) is 5.75 Å². The van der Waals surface area contributed by atoms with Crippen LogP contribution in [0.25, 0.3) is 11.0 Å². The number of hydrogen-bond acceptors (Lipinski definition) is 4. The molecule has 0 unspecified atom stereocenters. The van der Waals surface area contributed by atoms with E-state index in [1.807, 2.05) is 41.9 Å². The highest BCUT2D eigenvalue weighted by atomic mass is 16.3. The molecule has 4 rings (SSSR count). The lowest BCUT2D eigenvalue weighted by atomic mass is 10.1. The number of carbonyl (C=O) groups excluding carboxylic acids is 2. The number of phenols is 1. The first-order valence-electron chi connectivity index (χ1n) is 9.27. The summed E-state index contributed by atoms with van der Waals surface area (Å²) in [6.07, 6.45) is 2.65. The number of rotatable bonds is 5. The molecule has 0 saturated carbocycles. The lowest BCUT2D eigenvalue weighted by molar-refractivity contribution is -0.128. The zero-order chi connectivity index (χ0) is 19.7. The summed E-state index contributed by atoms with van der Waals surface area (Å²) in [7, 11) is 1.92. The summed E-state index contributed by atoms with van der Waals surface area (Å²) in [4.78, 5) is 30.9. The first kappa shape index (κ1) is 18.0. The Bertz CT molecular complexity index is 1030. The molecule has 1 saturated heterocycles. The predicted molar refractivity (Wildman–Crippen MR) is 106 cm³/mol. The van der Waals surface area contributed by atoms with Crippen molar-refractivity contribution in [3.63, 3.8) is 0 Å². The van der Waals surface area contributed by atoms with Gasteiger partial charge < -0.3 is 19.9 Å². The van der Waals surface area contributed by atoms with Gasteiger partial charge >= 0.3 is 0 Å². The van der Waals surface area contributed by atoms with E-state index in [1.165, 1.54) is 0 Å². The molecular formula is C21H22N4O3. The predicted octanol–water partition coefficient (Wildman–Crippen LogP) is 2.31. The Morgan fingerprint density at radius 2 is 2.04 bits per heavy atom. The number of amides is 2. The number of imidazole rings is 1. The SMILES string of the molecule is Cn1cnc2cc(NC(=O)[C@H]3CC(=O)N(CCc4ccc(O)cc4)C3)ccc21. The summed E-state index contributed by atoms with van der Waals surface area (Å²) in [6.45, 7) is 0.988. The average Bonchev–Trinajstić information content (AvgIpc) is 3.24. The topological polar surface area (TPSA) is 87.5 Å². The number of hydrogen-bond donors (Lipinski definition) is 2. The average molecular weight is 378 g/mol. The Morgan fingerprint density at radius 3 is 2.82 bits per heavy atom. The van der Waals surface area contributed by atoms with Gasteiger partial charge in [0.2, 0.25) is 11.8 Å². The monoisotopic (exact) mass is 378 g/mol. The van der Waals surface area contributed by atoms with E-state index in [1.54, 1.807) is 23.4 Å². The molecule has 144 valence electrons. The molecule has 1 aliphatic rings. The minimum Gasteiger partial charge on any atom is -0.508 e. The van der Waals surface area contributed by atoms with Gasteiger partial charge in [-0.3, -0.25) is 9.59 Å². The highest BCUT2D eigenvalue weighted by Gasteiger charge is 2.34. The zero-order valence-corrected chi connectivity index (χ0v) is 15.6. The van der Waals surface area contributed by atoms with Gasteiger partial charge in [-0.1, -0.05) is 12.1 Å². The fraction of sp³-hybridized carbons (Fsp3) is 0.286. The lowest BCUT2D eigenvalue weighted by Gasteiger charge is -2.16. The minimum absolute atomic E-state index is 0.000827. The van der Waals surface area contributed by atoms with E-state index in [0.717, 1.165) is 16.6 Å². The Balaban J connectivity index is 1.35. The molecule has 2 amide bonds. The third kappa shape index (κ3) is 3.69. The fourth-order valence-corrected chi connectivity index (χ4v) is 3.55. The second-order valence-corrected chi connectivity index (χ2v) is 7.21. The van der Waals surface area contributed by atoms with Crippen molar-refractivity contribution in [1.29, 1.82) is 0 Å². The summed E-state index contributed by atoms with van der Waals surface area (Å²) in [6, 6.07) is 12.6. The summed E-state index contributed by atoms with van der Waals surface area (Å²) < 4.78 is 1.92. The maximum Gasteiger partial charge on any atom is 0.229 e. The number of anilines is 1. The highest BCUT2D eigenvalue weighted by Crippen LogP contribution is 2.22. The van der Waals surface area contributed by atoms with Gasteiger partial charge in [-0.15, -0.1) is 0 Å². The second-order valence-electron chi connectivity index (χ2n) is 7.21. The van der Waals surface area contributed by atoms with E-state index >= 15 is 0 Å². The number of aryl methyl sites for hydroxylation is 1. The van der Waals surface area contributed by atoms with Crippen molar-refractivity contribution in [2.75, 3.05) is 18.4 Å². The molecule has 7 nitrogen and oxygen atoms in total. The minimum atomic E-state index is -0.355. The van der Waals surface area contributed by atoms with Crippen LogP contribution in [0.15, 0.2) is 48.8 Å². The van der Waals surface area contributed by atoms with E-state index in [9.17, 15) is 14.7 Å². The lowest BCUT2D eigenvalue weighted by Crippen LogP contribution is -2.30. The Hall–Kier alpha value is -3.35. The molecule has 7 heteroatoms. The number of nitrogens with zero attached hydrogens (tertiary/aromatic N) is 3. The van der Waals surface area contributed by atoms with Gasteiger partial charge in [-0.2, -0.15) is 0 Å². The van der Waals surface area contributed by atoms with Gasteiger partial charge in [-0.05, 0) is 42.3 Å². The van der Waals surface area contributed by atoms with Gasteiger partial charge in [-0.25, -0.2) is 4.98 Å². The third-order valence-corrected chi connectivity index (χ3v) is 5.18. The Morgan fingerprint density at radius 1 is 1.25 bits per heavy atom. The van der Waals surface area contributed by atoms with Crippen LogP contribution in [0.5, 0.6) is 5.75 Å².